The van der Waals surface area contributed by atoms with Crippen LogP contribution < -0.4 is 5.32 Å². The van der Waals surface area contributed by atoms with E-state index in [9.17, 15) is 9.90 Å². The Balaban J connectivity index is 2.15. The molecule has 26 heavy (non-hydrogen) atoms. The van der Waals surface area contributed by atoms with Gasteiger partial charge in [-0.3, -0.25) is 0 Å². The predicted octanol–water partition coefficient (Wildman–Crippen LogP) is 5.16. The summed E-state index contributed by atoms with van der Waals surface area (Å²) in [7, 11) is 0. The molecule has 4 heteroatoms. The van der Waals surface area contributed by atoms with Gasteiger partial charge in [0.1, 0.15) is 0 Å². The number of amides is 1. The van der Waals surface area contributed by atoms with Crippen LogP contribution >= 0.6 is 0 Å². The van der Waals surface area contributed by atoms with Crippen molar-refractivity contribution in [2.24, 2.45) is 11.3 Å². The maximum Gasteiger partial charge on any atom is 0.404 e. The van der Waals surface area contributed by atoms with Gasteiger partial charge < -0.3 is 15.5 Å². The second kappa shape index (κ2) is 8.54. The zero-order valence-electron chi connectivity index (χ0n) is 16.2. The molecule has 0 aliphatic heterocycles. The molecule has 0 saturated carbocycles. The van der Waals surface area contributed by atoms with E-state index in [0.29, 0.717) is 0 Å². The zero-order valence-corrected chi connectivity index (χ0v) is 16.2. The van der Waals surface area contributed by atoms with Crippen molar-refractivity contribution >= 4 is 12.2 Å². The fourth-order valence-corrected chi connectivity index (χ4v) is 3.73. The van der Waals surface area contributed by atoms with Crippen molar-refractivity contribution in [3.8, 4) is 0 Å². The maximum atomic E-state index is 10.6. The molecule has 142 valence electrons. The second-order valence-electron chi connectivity index (χ2n) is 8.04. The normalized spacial score (nSPS) is 19.4. The molecular formula is C22H31NO3. The van der Waals surface area contributed by atoms with Gasteiger partial charge in [0.05, 0.1) is 6.10 Å². The lowest BCUT2D eigenvalue weighted by atomic mass is 9.72. The summed E-state index contributed by atoms with van der Waals surface area (Å²) in [4.78, 5) is 10.6. The average Bonchev–Trinajstić information content (AvgIpc) is 2.58. The molecule has 1 aliphatic rings. The Bertz CT molecular complexity index is 703. The van der Waals surface area contributed by atoms with Crippen molar-refractivity contribution in [1.29, 1.82) is 0 Å². The third-order valence-electron chi connectivity index (χ3n) is 5.35. The number of rotatable bonds is 6. The van der Waals surface area contributed by atoms with Crippen LogP contribution in [0.4, 0.5) is 4.79 Å². The molecule has 1 aromatic carbocycles. The van der Waals surface area contributed by atoms with Crippen molar-refractivity contribution < 1.29 is 15.0 Å². The SMILES string of the molecule is CC1=C(C=Cc2cccc(C(O)C(C)CNC(=O)O)c2)C(C)(C)CCC1. The molecule has 0 radical (unpaired) electrons. The summed E-state index contributed by atoms with van der Waals surface area (Å²) in [6.45, 7) is 8.87. The molecule has 3 N–H and O–H groups in total. The van der Waals surface area contributed by atoms with Crippen LogP contribution in [0, 0.1) is 11.3 Å². The molecule has 0 spiro atoms. The lowest BCUT2D eigenvalue weighted by molar-refractivity contribution is 0.115. The summed E-state index contributed by atoms with van der Waals surface area (Å²) in [6.07, 6.45) is 6.17. The van der Waals surface area contributed by atoms with Gasteiger partial charge in [-0.1, -0.05) is 56.7 Å². The van der Waals surface area contributed by atoms with Gasteiger partial charge in [-0.15, -0.1) is 0 Å². The van der Waals surface area contributed by atoms with Crippen LogP contribution in [-0.4, -0.2) is 22.9 Å². The quantitative estimate of drug-likeness (QED) is 0.658. The highest BCUT2D eigenvalue weighted by molar-refractivity contribution is 5.64. The lowest BCUT2D eigenvalue weighted by Gasteiger charge is -2.32. The largest absolute Gasteiger partial charge is 0.465 e. The number of hydrogen-bond acceptors (Lipinski definition) is 2. The van der Waals surface area contributed by atoms with Crippen molar-refractivity contribution in [2.75, 3.05) is 6.54 Å². The van der Waals surface area contributed by atoms with Crippen LogP contribution in [0.1, 0.15) is 64.2 Å². The average molecular weight is 357 g/mol. The van der Waals surface area contributed by atoms with Crippen LogP contribution in [0.2, 0.25) is 0 Å². The maximum absolute atomic E-state index is 10.6. The third-order valence-corrected chi connectivity index (χ3v) is 5.35. The van der Waals surface area contributed by atoms with Crippen LogP contribution in [0.25, 0.3) is 6.08 Å². The summed E-state index contributed by atoms with van der Waals surface area (Å²) in [6, 6.07) is 7.82. The molecule has 4 nitrogen and oxygen atoms in total. The highest BCUT2D eigenvalue weighted by Crippen LogP contribution is 2.41. The van der Waals surface area contributed by atoms with E-state index in [-0.39, 0.29) is 17.9 Å². The highest BCUT2D eigenvalue weighted by Gasteiger charge is 2.26. The topological polar surface area (TPSA) is 69.6 Å². The fourth-order valence-electron chi connectivity index (χ4n) is 3.73. The number of hydrogen-bond donors (Lipinski definition) is 3. The van der Waals surface area contributed by atoms with Crippen molar-refractivity contribution in [3.05, 3.63) is 52.6 Å². The predicted molar refractivity (Wildman–Crippen MR) is 106 cm³/mol. The summed E-state index contributed by atoms with van der Waals surface area (Å²) in [5, 5.41) is 21.5. The van der Waals surface area contributed by atoms with Crippen molar-refractivity contribution in [2.45, 2.75) is 53.1 Å². The minimum atomic E-state index is -1.07. The summed E-state index contributed by atoms with van der Waals surface area (Å²) < 4.78 is 0. The van der Waals surface area contributed by atoms with Crippen molar-refractivity contribution in [3.63, 3.8) is 0 Å². The van der Waals surface area contributed by atoms with Crippen LogP contribution in [0.5, 0.6) is 0 Å². The molecular weight excluding hydrogens is 326 g/mol. The molecule has 0 saturated heterocycles. The number of carboxylic acid groups (broad SMARTS) is 1. The first-order valence-electron chi connectivity index (χ1n) is 9.34. The van der Waals surface area contributed by atoms with Gasteiger partial charge >= 0.3 is 6.09 Å². The first-order valence-corrected chi connectivity index (χ1v) is 9.34. The first kappa shape index (κ1) is 20.2. The Kier molecular flexibility index (Phi) is 6.65. The van der Waals surface area contributed by atoms with E-state index in [1.54, 1.807) is 0 Å². The molecule has 0 bridgehead atoms. The van der Waals surface area contributed by atoms with Gasteiger partial charge in [-0.05, 0) is 54.4 Å². The van der Waals surface area contributed by atoms with Gasteiger partial charge in [0.25, 0.3) is 0 Å². The Morgan fingerprint density at radius 3 is 2.73 bits per heavy atom. The molecule has 1 aromatic rings. The molecule has 2 atom stereocenters. The number of benzene rings is 1. The van der Waals surface area contributed by atoms with E-state index in [0.717, 1.165) is 17.5 Å². The van der Waals surface area contributed by atoms with Crippen LogP contribution in [-0.2, 0) is 0 Å². The van der Waals surface area contributed by atoms with Gasteiger partial charge in [-0.25, -0.2) is 4.79 Å². The molecule has 0 fully saturated rings. The minimum Gasteiger partial charge on any atom is -0.465 e. The van der Waals surface area contributed by atoms with Gasteiger partial charge in [0.2, 0.25) is 0 Å². The van der Waals surface area contributed by atoms with Gasteiger partial charge in [0.15, 0.2) is 0 Å². The Morgan fingerprint density at radius 1 is 1.35 bits per heavy atom. The molecule has 2 rings (SSSR count). The Hall–Kier alpha value is -2.07. The van der Waals surface area contributed by atoms with E-state index >= 15 is 0 Å². The van der Waals surface area contributed by atoms with E-state index in [4.69, 9.17) is 5.11 Å². The molecule has 1 amide bonds. The number of aliphatic hydroxyl groups is 1. The second-order valence-corrected chi connectivity index (χ2v) is 8.04. The first-order chi connectivity index (χ1) is 12.2. The van der Waals surface area contributed by atoms with E-state index < -0.39 is 12.2 Å². The number of nitrogens with one attached hydrogen (secondary N) is 1. The van der Waals surface area contributed by atoms with E-state index in [2.05, 4.69) is 38.2 Å². The Morgan fingerprint density at radius 2 is 2.08 bits per heavy atom. The standard InChI is InChI=1S/C22H31NO3/c1-15-7-6-12-22(3,4)19(15)11-10-17-8-5-9-18(13-17)20(24)16(2)14-23-21(25)26/h5,8-11,13,16,20,23-24H,6-7,12,14H2,1-4H3,(H,25,26). The Labute approximate surface area is 156 Å². The van der Waals surface area contributed by atoms with Crippen LogP contribution in [0.3, 0.4) is 0 Å². The number of aliphatic hydroxyl groups excluding tert-OH is 1. The summed E-state index contributed by atoms with van der Waals surface area (Å²) >= 11 is 0. The molecule has 0 aromatic heterocycles. The molecule has 0 heterocycles. The summed E-state index contributed by atoms with van der Waals surface area (Å²) in [5.74, 6) is -0.201. The van der Waals surface area contributed by atoms with Gasteiger partial charge in [-0.2, -0.15) is 0 Å². The van der Waals surface area contributed by atoms with E-state index in [1.807, 2.05) is 31.2 Å². The summed E-state index contributed by atoms with van der Waals surface area (Å²) in [5.41, 5.74) is 4.92. The van der Waals surface area contributed by atoms with Gasteiger partial charge in [0, 0.05) is 12.5 Å². The van der Waals surface area contributed by atoms with E-state index in [1.165, 1.54) is 24.0 Å². The smallest absolute Gasteiger partial charge is 0.404 e. The molecule has 2 unspecified atom stereocenters. The third kappa shape index (κ3) is 5.21. The minimum absolute atomic E-state index is 0.201. The monoisotopic (exact) mass is 357 g/mol. The fraction of sp³-hybridized carbons (Fsp3) is 0.500. The van der Waals surface area contributed by atoms with Crippen molar-refractivity contribution in [1.82, 2.24) is 5.32 Å². The number of allylic oxidation sites excluding steroid dienone is 3. The lowest BCUT2D eigenvalue weighted by Crippen LogP contribution is -2.29. The highest BCUT2D eigenvalue weighted by atomic mass is 16.4. The molecule has 1 aliphatic carbocycles. The number of carbonyl (C=O) groups is 1. The zero-order chi connectivity index (χ0) is 19.3. The van der Waals surface area contributed by atoms with Crippen LogP contribution in [0.15, 0.2) is 41.5 Å².